The molecule has 2 aromatic carbocycles. The summed E-state index contributed by atoms with van der Waals surface area (Å²) in [5.74, 6) is 0.349. The van der Waals surface area contributed by atoms with Gasteiger partial charge in [-0.3, -0.25) is 20.4 Å². The molecule has 0 aliphatic rings. The number of carbonyl (C=O) groups excluding carboxylic acids is 2. The van der Waals surface area contributed by atoms with E-state index in [9.17, 15) is 9.59 Å². The zero-order valence-electron chi connectivity index (χ0n) is 16.6. The quantitative estimate of drug-likeness (QED) is 0.574. The maximum Gasteiger partial charge on any atom is 0.269 e. The Bertz CT molecular complexity index is 997. The normalized spacial score (nSPS) is 10.6. The Kier molecular flexibility index (Phi) is 6.73. The van der Waals surface area contributed by atoms with Crippen molar-refractivity contribution in [1.82, 2.24) is 15.4 Å². The maximum atomic E-state index is 12.3. The summed E-state index contributed by atoms with van der Waals surface area (Å²) in [6.45, 7) is 3.09. The molecule has 29 heavy (non-hydrogen) atoms. The number of aromatic nitrogens is 1. The van der Waals surface area contributed by atoms with E-state index in [4.69, 9.17) is 9.47 Å². The number of rotatable bonds is 8. The highest BCUT2D eigenvalue weighted by Gasteiger charge is 2.12. The number of para-hydroxylation sites is 1. The predicted molar refractivity (Wildman–Crippen MR) is 111 cm³/mol. The number of hydrogen-bond donors (Lipinski definition) is 2. The molecule has 0 radical (unpaired) electrons. The topological polar surface area (TPSA) is 81.6 Å². The van der Waals surface area contributed by atoms with Gasteiger partial charge in [0.1, 0.15) is 0 Å². The summed E-state index contributed by atoms with van der Waals surface area (Å²) in [5.41, 5.74) is 6.32. The lowest BCUT2D eigenvalue weighted by atomic mass is 10.2. The van der Waals surface area contributed by atoms with Crippen LogP contribution in [0.2, 0.25) is 0 Å². The predicted octanol–water partition coefficient (Wildman–Crippen LogP) is 3.29. The summed E-state index contributed by atoms with van der Waals surface area (Å²) in [6.07, 6.45) is 3.06. The van der Waals surface area contributed by atoms with Gasteiger partial charge in [-0.05, 0) is 42.1 Å². The lowest BCUT2D eigenvalue weighted by Crippen LogP contribution is -2.41. The highest BCUT2D eigenvalue weighted by Crippen LogP contribution is 2.28. The van der Waals surface area contributed by atoms with Crippen molar-refractivity contribution in [3.8, 4) is 11.5 Å². The van der Waals surface area contributed by atoms with E-state index in [0.29, 0.717) is 30.2 Å². The van der Waals surface area contributed by atoms with Gasteiger partial charge in [-0.1, -0.05) is 25.1 Å². The van der Waals surface area contributed by atoms with Crippen molar-refractivity contribution in [2.75, 3.05) is 13.7 Å². The molecule has 0 spiro atoms. The van der Waals surface area contributed by atoms with Crippen LogP contribution < -0.4 is 20.3 Å². The van der Waals surface area contributed by atoms with Gasteiger partial charge < -0.3 is 14.0 Å². The first-order valence-corrected chi connectivity index (χ1v) is 9.56. The SMILES string of the molecule is CCCOc1ccc(C(=O)NNC(=O)CCn2ccc3ccccc32)cc1OC. The second kappa shape index (κ2) is 9.64. The van der Waals surface area contributed by atoms with Crippen LogP contribution in [-0.2, 0) is 11.3 Å². The number of ether oxygens (including phenoxy) is 2. The first-order valence-electron chi connectivity index (χ1n) is 9.56. The number of nitrogens with zero attached hydrogens (tertiary/aromatic N) is 1. The number of benzene rings is 2. The van der Waals surface area contributed by atoms with E-state index in [1.54, 1.807) is 18.2 Å². The van der Waals surface area contributed by atoms with Gasteiger partial charge in [0.2, 0.25) is 5.91 Å². The molecule has 0 saturated carbocycles. The number of nitrogens with one attached hydrogen (secondary N) is 2. The Labute approximate surface area is 169 Å². The summed E-state index contributed by atoms with van der Waals surface area (Å²) in [4.78, 5) is 24.4. The van der Waals surface area contributed by atoms with Crippen LogP contribution in [0.15, 0.2) is 54.7 Å². The van der Waals surface area contributed by atoms with Crippen LogP contribution in [-0.4, -0.2) is 30.1 Å². The van der Waals surface area contributed by atoms with E-state index < -0.39 is 5.91 Å². The van der Waals surface area contributed by atoms with Crippen LogP contribution in [0.4, 0.5) is 0 Å². The maximum absolute atomic E-state index is 12.3. The van der Waals surface area contributed by atoms with Crippen molar-refractivity contribution >= 4 is 22.7 Å². The largest absolute Gasteiger partial charge is 0.493 e. The van der Waals surface area contributed by atoms with Crippen molar-refractivity contribution in [2.45, 2.75) is 26.3 Å². The molecule has 3 rings (SSSR count). The number of aryl methyl sites for hydroxylation is 1. The van der Waals surface area contributed by atoms with Crippen LogP contribution in [0.3, 0.4) is 0 Å². The van der Waals surface area contributed by atoms with Crippen molar-refractivity contribution < 1.29 is 19.1 Å². The Morgan fingerprint density at radius 3 is 2.66 bits per heavy atom. The van der Waals surface area contributed by atoms with E-state index in [0.717, 1.165) is 17.3 Å². The van der Waals surface area contributed by atoms with Crippen molar-refractivity contribution in [3.05, 3.63) is 60.3 Å². The van der Waals surface area contributed by atoms with Crippen LogP contribution in [0.25, 0.3) is 10.9 Å². The minimum absolute atomic E-state index is 0.242. The Hall–Kier alpha value is -3.48. The molecule has 0 bridgehead atoms. The van der Waals surface area contributed by atoms with E-state index >= 15 is 0 Å². The van der Waals surface area contributed by atoms with Crippen LogP contribution in [0.5, 0.6) is 11.5 Å². The number of hydrazine groups is 1. The molecule has 3 aromatic rings. The Morgan fingerprint density at radius 2 is 1.86 bits per heavy atom. The number of methoxy groups -OCH3 is 1. The molecule has 0 unspecified atom stereocenters. The first kappa shape index (κ1) is 20.3. The molecular formula is C22H25N3O4. The molecule has 152 valence electrons. The highest BCUT2D eigenvalue weighted by molar-refractivity contribution is 5.96. The molecule has 1 aromatic heterocycles. The fourth-order valence-corrected chi connectivity index (χ4v) is 2.96. The Morgan fingerprint density at radius 1 is 1.03 bits per heavy atom. The zero-order valence-corrected chi connectivity index (χ0v) is 16.6. The molecule has 0 atom stereocenters. The zero-order chi connectivity index (χ0) is 20.6. The van der Waals surface area contributed by atoms with Gasteiger partial charge in [0.25, 0.3) is 5.91 Å². The van der Waals surface area contributed by atoms with Gasteiger partial charge in [0.05, 0.1) is 13.7 Å². The first-order chi connectivity index (χ1) is 14.1. The van der Waals surface area contributed by atoms with Gasteiger partial charge in [-0.15, -0.1) is 0 Å². The number of hydrogen-bond acceptors (Lipinski definition) is 4. The minimum Gasteiger partial charge on any atom is -0.493 e. The third kappa shape index (κ3) is 5.07. The number of amides is 2. The second-order valence-electron chi connectivity index (χ2n) is 6.53. The fourth-order valence-electron chi connectivity index (χ4n) is 2.96. The minimum atomic E-state index is -0.426. The third-order valence-electron chi connectivity index (χ3n) is 4.46. The smallest absolute Gasteiger partial charge is 0.269 e. The molecular weight excluding hydrogens is 370 g/mol. The van der Waals surface area contributed by atoms with Gasteiger partial charge in [0.15, 0.2) is 11.5 Å². The summed E-state index contributed by atoms with van der Waals surface area (Å²) >= 11 is 0. The second-order valence-corrected chi connectivity index (χ2v) is 6.53. The summed E-state index contributed by atoms with van der Waals surface area (Å²) in [7, 11) is 1.52. The van der Waals surface area contributed by atoms with E-state index in [1.807, 2.05) is 48.0 Å². The van der Waals surface area contributed by atoms with E-state index in [2.05, 4.69) is 10.9 Å². The van der Waals surface area contributed by atoms with Gasteiger partial charge in [-0.25, -0.2) is 0 Å². The van der Waals surface area contributed by atoms with E-state index in [1.165, 1.54) is 7.11 Å². The Balaban J connectivity index is 1.52. The standard InChI is InChI=1S/C22H25N3O4/c1-3-14-29-19-9-8-17(15-20(19)28-2)22(27)24-23-21(26)11-13-25-12-10-16-6-4-5-7-18(16)25/h4-10,12,15H,3,11,13-14H2,1-2H3,(H,23,26)(H,24,27). The average molecular weight is 395 g/mol. The summed E-state index contributed by atoms with van der Waals surface area (Å²) < 4.78 is 12.9. The molecule has 0 saturated heterocycles. The molecule has 1 heterocycles. The van der Waals surface area contributed by atoms with E-state index in [-0.39, 0.29) is 12.3 Å². The van der Waals surface area contributed by atoms with Crippen molar-refractivity contribution in [1.29, 1.82) is 0 Å². The molecule has 0 aliphatic heterocycles. The summed E-state index contributed by atoms with van der Waals surface area (Å²) in [5, 5.41) is 1.13. The van der Waals surface area contributed by atoms with Crippen molar-refractivity contribution in [3.63, 3.8) is 0 Å². The molecule has 7 nitrogen and oxygen atoms in total. The highest BCUT2D eigenvalue weighted by atomic mass is 16.5. The van der Waals surface area contributed by atoms with Crippen molar-refractivity contribution in [2.24, 2.45) is 0 Å². The molecule has 0 fully saturated rings. The molecule has 2 N–H and O–H groups in total. The summed E-state index contributed by atoms with van der Waals surface area (Å²) in [6, 6.07) is 14.9. The van der Waals surface area contributed by atoms with Gasteiger partial charge in [-0.2, -0.15) is 0 Å². The van der Waals surface area contributed by atoms with Crippen LogP contribution >= 0.6 is 0 Å². The molecule has 0 aliphatic carbocycles. The molecule has 2 amide bonds. The van der Waals surface area contributed by atoms with Crippen LogP contribution in [0, 0.1) is 0 Å². The average Bonchev–Trinajstić information content (AvgIpc) is 3.17. The van der Waals surface area contributed by atoms with Gasteiger partial charge >= 0.3 is 0 Å². The number of carbonyl (C=O) groups is 2. The monoisotopic (exact) mass is 395 g/mol. The molecule has 7 heteroatoms. The fraction of sp³-hybridized carbons (Fsp3) is 0.273. The van der Waals surface area contributed by atoms with Crippen LogP contribution in [0.1, 0.15) is 30.1 Å². The number of fused-ring (bicyclic) bond motifs is 1. The third-order valence-corrected chi connectivity index (χ3v) is 4.46. The van der Waals surface area contributed by atoms with Gasteiger partial charge in [0, 0.05) is 30.2 Å². The lowest BCUT2D eigenvalue weighted by molar-refractivity contribution is -0.122. The lowest BCUT2D eigenvalue weighted by Gasteiger charge is -2.12.